The van der Waals surface area contributed by atoms with E-state index < -0.39 is 53.9 Å². The second-order valence-electron chi connectivity index (χ2n) is 19.4. The van der Waals surface area contributed by atoms with Gasteiger partial charge in [-0.2, -0.15) is 9.97 Å². The van der Waals surface area contributed by atoms with Gasteiger partial charge in [0.2, 0.25) is 5.91 Å². The number of fused-ring (bicyclic) bond motifs is 8. The Kier molecular flexibility index (Phi) is 12.3. The third kappa shape index (κ3) is 8.77. The molecule has 17 nitrogen and oxygen atoms in total. The highest BCUT2D eigenvalue weighted by atomic mass is 19.3. The van der Waals surface area contributed by atoms with Crippen LogP contribution in [-0.4, -0.2) is 135 Å². The number of primary amides is 1. The lowest BCUT2D eigenvalue weighted by molar-refractivity contribution is -0.118. The van der Waals surface area contributed by atoms with E-state index in [1.165, 1.54) is 36.7 Å². The van der Waals surface area contributed by atoms with Crippen LogP contribution in [0.15, 0.2) is 54.9 Å². The first-order valence-corrected chi connectivity index (χ1v) is 24.1. The number of anilines is 3. The molecule has 73 heavy (non-hydrogen) atoms. The van der Waals surface area contributed by atoms with E-state index >= 15 is 4.39 Å². The Hall–Kier alpha value is -7.51. The smallest absolute Gasteiger partial charge is 0.416 e. The topological polar surface area (TPSA) is 198 Å². The summed E-state index contributed by atoms with van der Waals surface area (Å²) in [5, 5.41) is 18.2. The van der Waals surface area contributed by atoms with Crippen molar-refractivity contribution in [2.75, 3.05) is 61.1 Å². The second-order valence-corrected chi connectivity index (χ2v) is 19.4. The fraction of sp³-hybridized carbons (Fsp3) is 0.412. The average Bonchev–Trinajstić information content (AvgIpc) is 4.18. The summed E-state index contributed by atoms with van der Waals surface area (Å²) in [6.07, 6.45) is 8.47. The molecule has 6 unspecified atom stereocenters. The molecular weight excluding hydrogens is 958 g/mol. The lowest BCUT2D eigenvalue weighted by Gasteiger charge is -2.34. The van der Waals surface area contributed by atoms with Crippen molar-refractivity contribution in [1.29, 1.82) is 0 Å². The number of nitrogens with one attached hydrogen (secondary N) is 2. The van der Waals surface area contributed by atoms with E-state index in [-0.39, 0.29) is 58.5 Å². The first kappa shape index (κ1) is 47.8. The monoisotopic (exact) mass is 1010 g/mol. The highest BCUT2D eigenvalue weighted by Gasteiger charge is 2.49. The van der Waals surface area contributed by atoms with E-state index in [0.717, 1.165) is 37.1 Å². The van der Waals surface area contributed by atoms with Crippen LogP contribution in [0.5, 0.6) is 17.5 Å². The quantitative estimate of drug-likeness (QED) is 0.0854. The maximum absolute atomic E-state index is 16.7. The first-order chi connectivity index (χ1) is 35.2. The van der Waals surface area contributed by atoms with E-state index in [4.69, 9.17) is 31.4 Å². The van der Waals surface area contributed by atoms with Gasteiger partial charge in [0.25, 0.3) is 6.43 Å². The molecule has 5 saturated heterocycles. The lowest BCUT2D eigenvalue weighted by Crippen LogP contribution is -2.51. The normalized spacial score (nSPS) is 23.5. The highest BCUT2D eigenvalue weighted by molar-refractivity contribution is 6.03. The van der Waals surface area contributed by atoms with Crippen molar-refractivity contribution >= 4 is 51.0 Å². The fourth-order valence-corrected chi connectivity index (χ4v) is 11.2. The molecule has 0 spiro atoms. The highest BCUT2D eigenvalue weighted by Crippen LogP contribution is 2.43. The number of ether oxygens (including phenoxy) is 3. The van der Waals surface area contributed by atoms with Crippen LogP contribution in [0, 0.1) is 24.0 Å². The second kappa shape index (κ2) is 18.8. The first-order valence-electron chi connectivity index (χ1n) is 24.1. The molecule has 2 bridgehead atoms. The molecule has 0 saturated carbocycles. The maximum atomic E-state index is 16.7. The van der Waals surface area contributed by atoms with Crippen LogP contribution >= 0.6 is 0 Å². The van der Waals surface area contributed by atoms with Crippen LogP contribution in [0.1, 0.15) is 44.6 Å². The van der Waals surface area contributed by atoms with Crippen LogP contribution < -0.4 is 35.6 Å². The van der Waals surface area contributed by atoms with Gasteiger partial charge in [0, 0.05) is 73.2 Å². The number of nitrogens with two attached hydrogens (primary N) is 1. The number of hydrogen-bond acceptors (Lipinski definition) is 14. The van der Waals surface area contributed by atoms with Crippen molar-refractivity contribution in [3.05, 3.63) is 72.1 Å². The van der Waals surface area contributed by atoms with Gasteiger partial charge in [-0.25, -0.2) is 36.6 Å². The third-order valence-corrected chi connectivity index (χ3v) is 14.7. The van der Waals surface area contributed by atoms with Crippen molar-refractivity contribution in [2.45, 2.75) is 87.9 Å². The van der Waals surface area contributed by atoms with E-state index in [0.29, 0.717) is 90.7 Å². The largest absolute Gasteiger partial charge is 0.508 e. The third-order valence-electron chi connectivity index (χ3n) is 14.7. The van der Waals surface area contributed by atoms with Gasteiger partial charge in [-0.1, -0.05) is 12.0 Å². The SMILES string of the molecule is C#Cc1c(F)ccc2cc(O)cc(-c3ncc4c(N5CC6CCC(C5)N6)nc(OCC56CCCN5CC(F)C6)nc4c3F)c12.CC(Nc1ccc2c(c1)OCCn1cc(N3C(=O)OCC3C(F)F)nc1-2)C(N)=O. The standard InChI is InChI=1S/C33H31F3N6O2.C18H19F2N5O4/c1-2-23-26(35)7-4-18-10-22(43)11-24(27(18)23)29-28(36)30-25(13-37-29)31(41-15-20-5-6-21(16-41)38-20)40-32(39-30)44-17-33-8-3-9-42(33)14-19(34)12-33;1-9(16(21)26)22-10-2-3-11-13(6-10)28-5-4-24-7-14(23-17(11)24)25-12(15(19)20)8-29-18(25)27/h1,4,7,10-11,13,19-21,38,43H,3,5-6,8-9,12,14-17H2;2-3,6-7,9,12,15,22H,4-5,8H2,1H3,(H2,21,26). The Labute approximate surface area is 414 Å². The lowest BCUT2D eigenvalue weighted by atomic mass is 9.95. The number of aromatic nitrogens is 5. The van der Waals surface area contributed by atoms with Gasteiger partial charge in [0.05, 0.1) is 28.6 Å². The number of aromatic hydroxyl groups is 1. The molecule has 380 valence electrons. The number of alkyl halides is 3. The minimum Gasteiger partial charge on any atom is -0.508 e. The molecule has 3 aromatic carbocycles. The number of benzene rings is 3. The number of hydrogen-bond donors (Lipinski definition) is 4. The molecule has 0 aliphatic carbocycles. The van der Waals surface area contributed by atoms with E-state index in [1.54, 1.807) is 29.7 Å². The van der Waals surface area contributed by atoms with Gasteiger partial charge in [-0.3, -0.25) is 14.7 Å². The summed E-state index contributed by atoms with van der Waals surface area (Å²) in [5.74, 6) is 1.95. The molecule has 5 N–H and O–H groups in total. The Morgan fingerprint density at radius 2 is 1.88 bits per heavy atom. The zero-order valence-electron chi connectivity index (χ0n) is 39.5. The summed E-state index contributed by atoms with van der Waals surface area (Å²) in [6.45, 7) is 4.77. The zero-order chi connectivity index (χ0) is 50.9. The van der Waals surface area contributed by atoms with E-state index in [1.807, 2.05) is 0 Å². The number of imidazole rings is 1. The molecule has 9 heterocycles. The summed E-state index contributed by atoms with van der Waals surface area (Å²) >= 11 is 0. The van der Waals surface area contributed by atoms with Gasteiger partial charge in [-0.05, 0) is 74.9 Å². The van der Waals surface area contributed by atoms with Crippen molar-refractivity contribution in [3.63, 3.8) is 0 Å². The Balaban J connectivity index is 0.000000172. The van der Waals surface area contributed by atoms with Gasteiger partial charge in [0.15, 0.2) is 11.6 Å². The van der Waals surface area contributed by atoms with Gasteiger partial charge >= 0.3 is 12.1 Å². The minimum absolute atomic E-state index is 0.00778. The van der Waals surface area contributed by atoms with Crippen molar-refractivity contribution in [1.82, 2.24) is 34.7 Å². The Bertz CT molecular complexity index is 3220. The predicted molar refractivity (Wildman–Crippen MR) is 260 cm³/mol. The minimum atomic E-state index is -2.75. The van der Waals surface area contributed by atoms with Crippen LogP contribution in [0.3, 0.4) is 0 Å². The Morgan fingerprint density at radius 3 is 2.64 bits per heavy atom. The number of carbonyl (C=O) groups is 2. The Morgan fingerprint density at radius 1 is 1.07 bits per heavy atom. The van der Waals surface area contributed by atoms with Crippen molar-refractivity contribution in [3.8, 4) is 52.5 Å². The van der Waals surface area contributed by atoms with Crippen LogP contribution in [-0.2, 0) is 16.1 Å². The van der Waals surface area contributed by atoms with Crippen LogP contribution in [0.4, 0.5) is 44.1 Å². The number of carbonyl (C=O) groups excluding carboxylic acids is 2. The summed E-state index contributed by atoms with van der Waals surface area (Å²) < 4.78 is 91.0. The summed E-state index contributed by atoms with van der Waals surface area (Å²) in [6, 6.07) is 9.31. The maximum Gasteiger partial charge on any atom is 0.416 e. The zero-order valence-corrected chi connectivity index (χ0v) is 39.5. The number of cyclic esters (lactones) is 1. The van der Waals surface area contributed by atoms with Gasteiger partial charge < -0.3 is 45.2 Å². The summed E-state index contributed by atoms with van der Waals surface area (Å²) in [7, 11) is 0. The molecule has 2 amide bonds. The molecule has 6 atom stereocenters. The number of rotatable bonds is 10. The number of halogens is 5. The van der Waals surface area contributed by atoms with Gasteiger partial charge in [-0.15, -0.1) is 6.42 Å². The predicted octanol–water partition coefficient (Wildman–Crippen LogP) is 6.52. The van der Waals surface area contributed by atoms with E-state index in [9.17, 15) is 32.3 Å². The number of terminal acetylenes is 1. The molecule has 3 aromatic heterocycles. The van der Waals surface area contributed by atoms with Gasteiger partial charge in [0.1, 0.15) is 78.2 Å². The molecule has 6 aliphatic rings. The van der Waals surface area contributed by atoms with Crippen LogP contribution in [0.25, 0.3) is 44.3 Å². The molecule has 0 radical (unpaired) electrons. The molecule has 5 fully saturated rings. The molecule has 6 aromatic rings. The summed E-state index contributed by atoms with van der Waals surface area (Å²) in [4.78, 5) is 46.6. The van der Waals surface area contributed by atoms with Crippen molar-refractivity contribution < 1.29 is 50.9 Å². The number of piperazine rings is 1. The number of amides is 2. The van der Waals surface area contributed by atoms with E-state index in [2.05, 4.69) is 41.3 Å². The van der Waals surface area contributed by atoms with Crippen molar-refractivity contribution in [2.24, 2.45) is 5.73 Å². The molecule has 6 aliphatic heterocycles. The number of pyridine rings is 1. The molecule has 22 heteroatoms. The number of phenols is 1. The van der Waals surface area contributed by atoms with Crippen LogP contribution in [0.2, 0.25) is 0 Å². The fourth-order valence-electron chi connectivity index (χ4n) is 11.2. The summed E-state index contributed by atoms with van der Waals surface area (Å²) in [5.41, 5.74) is 6.07. The molecule has 12 rings (SSSR count). The number of nitrogens with zero attached hydrogens (tertiary/aromatic N) is 8. The number of phenolic OH excluding ortho intramolecular Hbond substituents is 1. The molecular formula is C51H50F5N11O6. The average molecular weight is 1010 g/mol.